The van der Waals surface area contributed by atoms with Gasteiger partial charge in [-0.1, -0.05) is 42.5 Å². The van der Waals surface area contributed by atoms with E-state index in [0.29, 0.717) is 6.61 Å². The Hall–Kier alpha value is -2.66. The molecule has 23 heavy (non-hydrogen) atoms. The SMILES string of the molecule is Cc1csc(NN=Cc2cccc(OCc3ccccc3)c2)n1. The first-order chi connectivity index (χ1) is 11.3. The van der Waals surface area contributed by atoms with Gasteiger partial charge < -0.3 is 4.74 Å². The van der Waals surface area contributed by atoms with E-state index >= 15 is 0 Å². The number of hydrogen-bond acceptors (Lipinski definition) is 5. The quantitative estimate of drug-likeness (QED) is 0.537. The summed E-state index contributed by atoms with van der Waals surface area (Å²) in [6.45, 7) is 2.51. The largest absolute Gasteiger partial charge is 0.489 e. The van der Waals surface area contributed by atoms with E-state index in [1.807, 2.05) is 66.9 Å². The molecule has 1 aromatic heterocycles. The Morgan fingerprint density at radius 3 is 2.83 bits per heavy atom. The van der Waals surface area contributed by atoms with Crippen molar-refractivity contribution in [3.63, 3.8) is 0 Å². The Balaban J connectivity index is 1.58. The fourth-order valence-electron chi connectivity index (χ4n) is 1.99. The third-order valence-electron chi connectivity index (χ3n) is 3.10. The Bertz CT molecular complexity index is 784. The van der Waals surface area contributed by atoms with Crippen LogP contribution in [0.3, 0.4) is 0 Å². The van der Waals surface area contributed by atoms with Gasteiger partial charge >= 0.3 is 0 Å². The standard InChI is InChI=1S/C18H17N3OS/c1-14-13-23-18(20-14)21-19-11-16-8-5-9-17(10-16)22-12-15-6-3-2-4-7-15/h2-11,13H,12H2,1H3,(H,20,21). The molecule has 0 atom stereocenters. The highest BCUT2D eigenvalue weighted by atomic mass is 32.1. The molecule has 4 nitrogen and oxygen atoms in total. The molecule has 0 aliphatic heterocycles. The maximum atomic E-state index is 5.81. The average Bonchev–Trinajstić information content (AvgIpc) is 3.00. The summed E-state index contributed by atoms with van der Waals surface area (Å²) in [7, 11) is 0. The number of anilines is 1. The van der Waals surface area contributed by atoms with Crippen molar-refractivity contribution in [2.75, 3.05) is 5.43 Å². The van der Waals surface area contributed by atoms with Crippen molar-refractivity contribution in [2.24, 2.45) is 5.10 Å². The van der Waals surface area contributed by atoms with Crippen molar-refractivity contribution >= 4 is 22.7 Å². The number of benzene rings is 2. The Kier molecular flexibility index (Phi) is 5.01. The third kappa shape index (κ3) is 4.66. The van der Waals surface area contributed by atoms with Crippen molar-refractivity contribution in [2.45, 2.75) is 13.5 Å². The van der Waals surface area contributed by atoms with Crippen LogP contribution in [0.1, 0.15) is 16.8 Å². The van der Waals surface area contributed by atoms with Crippen molar-refractivity contribution in [3.8, 4) is 5.75 Å². The van der Waals surface area contributed by atoms with Gasteiger partial charge in [-0.3, -0.25) is 5.43 Å². The number of thiazole rings is 1. The van der Waals surface area contributed by atoms with E-state index in [0.717, 1.165) is 27.7 Å². The summed E-state index contributed by atoms with van der Waals surface area (Å²) in [5, 5.41) is 6.97. The number of hydrogen-bond donors (Lipinski definition) is 1. The molecule has 0 aliphatic rings. The highest BCUT2D eigenvalue weighted by Gasteiger charge is 1.98. The van der Waals surface area contributed by atoms with Crippen LogP contribution >= 0.6 is 11.3 Å². The number of aromatic nitrogens is 1. The van der Waals surface area contributed by atoms with Gasteiger partial charge in [-0.05, 0) is 30.2 Å². The summed E-state index contributed by atoms with van der Waals surface area (Å²) in [5.74, 6) is 0.822. The van der Waals surface area contributed by atoms with Crippen LogP contribution in [0.25, 0.3) is 0 Å². The minimum absolute atomic E-state index is 0.554. The number of nitrogens with one attached hydrogen (secondary N) is 1. The number of aryl methyl sites for hydroxylation is 1. The molecule has 0 amide bonds. The molecule has 0 bridgehead atoms. The molecule has 0 fully saturated rings. The number of ether oxygens (including phenoxy) is 1. The molecule has 116 valence electrons. The Morgan fingerprint density at radius 1 is 1.17 bits per heavy atom. The van der Waals surface area contributed by atoms with E-state index in [-0.39, 0.29) is 0 Å². The molecule has 1 heterocycles. The second-order valence-electron chi connectivity index (χ2n) is 5.01. The molecule has 0 spiro atoms. The molecule has 0 saturated carbocycles. The van der Waals surface area contributed by atoms with Crippen molar-refractivity contribution in [1.82, 2.24) is 4.98 Å². The maximum absolute atomic E-state index is 5.81. The first-order valence-corrected chi connectivity index (χ1v) is 8.15. The first kappa shape index (κ1) is 15.2. The lowest BCUT2D eigenvalue weighted by Crippen LogP contribution is -1.96. The van der Waals surface area contributed by atoms with E-state index < -0.39 is 0 Å². The molecule has 3 aromatic rings. The zero-order valence-corrected chi connectivity index (χ0v) is 13.6. The highest BCUT2D eigenvalue weighted by molar-refractivity contribution is 7.13. The second-order valence-corrected chi connectivity index (χ2v) is 5.87. The van der Waals surface area contributed by atoms with Gasteiger partial charge in [0.25, 0.3) is 0 Å². The molecule has 1 N–H and O–H groups in total. The van der Waals surface area contributed by atoms with Gasteiger partial charge in [0.15, 0.2) is 0 Å². The van der Waals surface area contributed by atoms with Gasteiger partial charge in [0.05, 0.1) is 11.9 Å². The smallest absolute Gasteiger partial charge is 0.203 e. The van der Waals surface area contributed by atoms with Gasteiger partial charge in [-0.15, -0.1) is 11.3 Å². The molecule has 0 unspecified atom stereocenters. The van der Waals surface area contributed by atoms with Crippen molar-refractivity contribution in [3.05, 3.63) is 76.8 Å². The summed E-state index contributed by atoms with van der Waals surface area (Å²) in [5.41, 5.74) is 6.03. The van der Waals surface area contributed by atoms with Crippen LogP contribution in [0, 0.1) is 6.92 Å². The number of nitrogens with zero attached hydrogens (tertiary/aromatic N) is 2. The normalized spacial score (nSPS) is 10.8. The van der Waals surface area contributed by atoms with Gasteiger partial charge in [-0.2, -0.15) is 5.10 Å². The van der Waals surface area contributed by atoms with E-state index in [9.17, 15) is 0 Å². The molecule has 2 aromatic carbocycles. The highest BCUT2D eigenvalue weighted by Crippen LogP contribution is 2.16. The van der Waals surface area contributed by atoms with E-state index in [1.54, 1.807) is 6.21 Å². The monoisotopic (exact) mass is 323 g/mol. The lowest BCUT2D eigenvalue weighted by atomic mass is 10.2. The molecule has 0 saturated heterocycles. The molecular formula is C18H17N3OS. The summed E-state index contributed by atoms with van der Waals surface area (Å²) >= 11 is 1.53. The zero-order chi connectivity index (χ0) is 15.9. The topological polar surface area (TPSA) is 46.5 Å². The lowest BCUT2D eigenvalue weighted by molar-refractivity contribution is 0.306. The zero-order valence-electron chi connectivity index (χ0n) is 12.8. The van der Waals surface area contributed by atoms with Crippen LogP contribution in [0.5, 0.6) is 5.75 Å². The van der Waals surface area contributed by atoms with E-state index in [4.69, 9.17) is 4.74 Å². The van der Waals surface area contributed by atoms with Crippen LogP contribution in [-0.4, -0.2) is 11.2 Å². The first-order valence-electron chi connectivity index (χ1n) is 7.27. The average molecular weight is 323 g/mol. The lowest BCUT2D eigenvalue weighted by Gasteiger charge is -2.06. The molecule has 5 heteroatoms. The number of rotatable bonds is 6. The van der Waals surface area contributed by atoms with Crippen LogP contribution in [0.2, 0.25) is 0 Å². The molecular weight excluding hydrogens is 306 g/mol. The van der Waals surface area contributed by atoms with E-state index in [1.165, 1.54) is 11.3 Å². The van der Waals surface area contributed by atoms with Crippen LogP contribution in [0.4, 0.5) is 5.13 Å². The minimum Gasteiger partial charge on any atom is -0.489 e. The van der Waals surface area contributed by atoms with Gasteiger partial charge in [0, 0.05) is 5.38 Å². The fourth-order valence-corrected chi connectivity index (χ4v) is 2.63. The summed E-state index contributed by atoms with van der Waals surface area (Å²) in [4.78, 5) is 4.29. The predicted molar refractivity (Wildman–Crippen MR) is 95.3 cm³/mol. The maximum Gasteiger partial charge on any atom is 0.203 e. The molecule has 0 radical (unpaired) electrons. The van der Waals surface area contributed by atoms with Crippen molar-refractivity contribution < 1.29 is 4.74 Å². The molecule has 0 aliphatic carbocycles. The van der Waals surface area contributed by atoms with Crippen LogP contribution in [0.15, 0.2) is 65.1 Å². The summed E-state index contributed by atoms with van der Waals surface area (Å²) < 4.78 is 5.81. The van der Waals surface area contributed by atoms with Gasteiger partial charge in [-0.25, -0.2) is 4.98 Å². The summed E-state index contributed by atoms with van der Waals surface area (Å²) in [6.07, 6.45) is 1.76. The van der Waals surface area contributed by atoms with E-state index in [2.05, 4.69) is 15.5 Å². The van der Waals surface area contributed by atoms with Crippen molar-refractivity contribution in [1.29, 1.82) is 0 Å². The summed E-state index contributed by atoms with van der Waals surface area (Å²) in [6, 6.07) is 17.9. The Morgan fingerprint density at radius 2 is 2.04 bits per heavy atom. The minimum atomic E-state index is 0.554. The molecule has 3 rings (SSSR count). The second kappa shape index (κ2) is 7.56. The fraction of sp³-hybridized carbons (Fsp3) is 0.111. The van der Waals surface area contributed by atoms with Gasteiger partial charge in [0.2, 0.25) is 5.13 Å². The Labute approximate surface area is 139 Å². The van der Waals surface area contributed by atoms with Crippen LogP contribution < -0.4 is 10.2 Å². The predicted octanol–water partition coefficient (Wildman–Crippen LogP) is 4.48. The van der Waals surface area contributed by atoms with Gasteiger partial charge in [0.1, 0.15) is 12.4 Å². The van der Waals surface area contributed by atoms with Crippen LogP contribution in [-0.2, 0) is 6.61 Å². The number of hydrazone groups is 1. The third-order valence-corrected chi connectivity index (χ3v) is 3.96.